The largest absolute Gasteiger partial charge is 0.466 e. The SMILES string of the molecule is CCOC(=O)CC(N=C=S)C(F)(F)F. The molecule has 0 radical (unpaired) electrons. The first-order chi connectivity index (χ1) is 6.41. The summed E-state index contributed by atoms with van der Waals surface area (Å²) in [6, 6.07) is -2.15. The van der Waals surface area contributed by atoms with E-state index in [1.807, 2.05) is 0 Å². The van der Waals surface area contributed by atoms with Crippen molar-refractivity contribution in [2.24, 2.45) is 4.99 Å². The first-order valence-corrected chi connectivity index (χ1v) is 4.12. The van der Waals surface area contributed by atoms with Gasteiger partial charge >= 0.3 is 12.1 Å². The Kier molecular flexibility index (Phi) is 5.34. The van der Waals surface area contributed by atoms with E-state index in [1.165, 1.54) is 6.92 Å². The number of nitrogens with zero attached hydrogens (tertiary/aromatic N) is 1. The number of hydrogen-bond donors (Lipinski definition) is 0. The number of carbonyl (C=O) groups excluding carboxylic acids is 1. The van der Waals surface area contributed by atoms with Crippen molar-refractivity contribution in [3.63, 3.8) is 0 Å². The Morgan fingerprint density at radius 2 is 2.21 bits per heavy atom. The molecule has 0 aromatic carbocycles. The Labute approximate surface area is 84.0 Å². The summed E-state index contributed by atoms with van der Waals surface area (Å²) in [4.78, 5) is 13.6. The Balaban J connectivity index is 4.39. The molecule has 7 heteroatoms. The standard InChI is InChI=1S/C7H8F3NO2S/c1-2-13-6(12)3-5(11-4-14)7(8,9)10/h5H,2-3H2,1H3. The van der Waals surface area contributed by atoms with Gasteiger partial charge in [0.25, 0.3) is 0 Å². The molecule has 0 heterocycles. The van der Waals surface area contributed by atoms with Crippen LogP contribution in [0, 0.1) is 0 Å². The smallest absolute Gasteiger partial charge is 0.412 e. The average Bonchev–Trinajstić information content (AvgIpc) is 2.02. The van der Waals surface area contributed by atoms with E-state index in [0.717, 1.165) is 0 Å². The third kappa shape index (κ3) is 4.94. The molecule has 3 nitrogen and oxygen atoms in total. The summed E-state index contributed by atoms with van der Waals surface area (Å²) in [5, 5.41) is 1.60. The van der Waals surface area contributed by atoms with Crippen LogP contribution in [0.2, 0.25) is 0 Å². The summed E-state index contributed by atoms with van der Waals surface area (Å²) in [6.07, 6.45) is -5.46. The van der Waals surface area contributed by atoms with E-state index < -0.39 is 24.6 Å². The summed E-state index contributed by atoms with van der Waals surface area (Å²) in [5.41, 5.74) is 0. The minimum absolute atomic E-state index is 0.0325. The quantitative estimate of drug-likeness (QED) is 0.418. The van der Waals surface area contributed by atoms with Crippen LogP contribution in [0.1, 0.15) is 13.3 Å². The van der Waals surface area contributed by atoms with Gasteiger partial charge in [0.1, 0.15) is 0 Å². The highest BCUT2D eigenvalue weighted by molar-refractivity contribution is 7.78. The number of hydrogen-bond acceptors (Lipinski definition) is 4. The molecular weight excluding hydrogens is 219 g/mol. The Hall–Kier alpha value is -0.940. The summed E-state index contributed by atoms with van der Waals surface area (Å²) in [6.45, 7) is 1.54. The van der Waals surface area contributed by atoms with E-state index in [2.05, 4.69) is 21.9 Å². The average molecular weight is 227 g/mol. The second-order valence-electron chi connectivity index (χ2n) is 2.29. The van der Waals surface area contributed by atoms with Gasteiger partial charge in [0, 0.05) is 0 Å². The monoisotopic (exact) mass is 227 g/mol. The lowest BCUT2D eigenvalue weighted by molar-refractivity contribution is -0.163. The lowest BCUT2D eigenvalue weighted by Crippen LogP contribution is -2.30. The van der Waals surface area contributed by atoms with E-state index in [4.69, 9.17) is 0 Å². The topological polar surface area (TPSA) is 38.7 Å². The zero-order chi connectivity index (χ0) is 11.2. The Bertz CT molecular complexity index is 248. The minimum Gasteiger partial charge on any atom is -0.466 e. The molecule has 14 heavy (non-hydrogen) atoms. The van der Waals surface area contributed by atoms with Crippen LogP contribution in [-0.2, 0) is 9.53 Å². The molecule has 0 N–H and O–H groups in total. The van der Waals surface area contributed by atoms with Gasteiger partial charge in [0.2, 0.25) is 0 Å². The van der Waals surface area contributed by atoms with Gasteiger partial charge in [-0.2, -0.15) is 13.2 Å². The van der Waals surface area contributed by atoms with Crippen LogP contribution < -0.4 is 0 Å². The van der Waals surface area contributed by atoms with E-state index >= 15 is 0 Å². The first kappa shape index (κ1) is 13.1. The normalized spacial score (nSPS) is 12.9. The second-order valence-corrected chi connectivity index (χ2v) is 2.47. The molecule has 80 valence electrons. The van der Waals surface area contributed by atoms with Crippen molar-refractivity contribution in [1.29, 1.82) is 0 Å². The van der Waals surface area contributed by atoms with Crippen molar-refractivity contribution in [2.45, 2.75) is 25.6 Å². The molecule has 0 aromatic rings. The zero-order valence-electron chi connectivity index (χ0n) is 7.30. The maximum absolute atomic E-state index is 12.1. The third-order valence-corrected chi connectivity index (χ3v) is 1.36. The maximum atomic E-state index is 12.1. The number of thiocarbonyl (C=S) groups is 1. The van der Waals surface area contributed by atoms with E-state index in [1.54, 1.807) is 5.16 Å². The number of carbonyl (C=O) groups is 1. The molecular formula is C7H8F3NO2S. The van der Waals surface area contributed by atoms with Crippen molar-refractivity contribution in [3.05, 3.63) is 0 Å². The summed E-state index contributed by atoms with van der Waals surface area (Å²) in [7, 11) is 0. The van der Waals surface area contributed by atoms with Gasteiger partial charge in [0.15, 0.2) is 6.04 Å². The van der Waals surface area contributed by atoms with Crippen molar-refractivity contribution in [2.75, 3.05) is 6.61 Å². The number of ether oxygens (including phenoxy) is 1. The molecule has 0 saturated carbocycles. The van der Waals surface area contributed by atoms with E-state index in [-0.39, 0.29) is 6.61 Å². The molecule has 0 aliphatic rings. The molecule has 0 saturated heterocycles. The molecule has 1 unspecified atom stereocenters. The Morgan fingerprint density at radius 3 is 2.57 bits per heavy atom. The van der Waals surface area contributed by atoms with E-state index in [9.17, 15) is 18.0 Å². The fourth-order valence-electron chi connectivity index (χ4n) is 0.676. The number of rotatable bonds is 4. The number of isothiocyanates is 1. The van der Waals surface area contributed by atoms with Gasteiger partial charge in [-0.25, -0.2) is 4.99 Å². The Morgan fingerprint density at radius 1 is 1.64 bits per heavy atom. The molecule has 0 spiro atoms. The lowest BCUT2D eigenvalue weighted by Gasteiger charge is -2.13. The van der Waals surface area contributed by atoms with Gasteiger partial charge < -0.3 is 4.74 Å². The first-order valence-electron chi connectivity index (χ1n) is 3.71. The van der Waals surface area contributed by atoms with Crippen LogP contribution >= 0.6 is 12.2 Å². The van der Waals surface area contributed by atoms with Gasteiger partial charge in [-0.15, -0.1) is 0 Å². The van der Waals surface area contributed by atoms with Crippen LogP contribution in [0.25, 0.3) is 0 Å². The summed E-state index contributed by atoms with van der Waals surface area (Å²) >= 11 is 4.05. The van der Waals surface area contributed by atoms with E-state index in [0.29, 0.717) is 0 Å². The highest BCUT2D eigenvalue weighted by Gasteiger charge is 2.41. The molecule has 0 aromatic heterocycles. The number of esters is 1. The fourth-order valence-corrected chi connectivity index (χ4v) is 0.803. The molecule has 0 rings (SSSR count). The lowest BCUT2D eigenvalue weighted by atomic mass is 10.2. The summed E-state index contributed by atoms with van der Waals surface area (Å²) < 4.78 is 40.7. The molecule has 0 aliphatic heterocycles. The molecule has 0 fully saturated rings. The fraction of sp³-hybridized carbons (Fsp3) is 0.714. The predicted molar refractivity (Wildman–Crippen MR) is 46.1 cm³/mol. The van der Waals surface area contributed by atoms with Crippen LogP contribution in [0.15, 0.2) is 4.99 Å². The highest BCUT2D eigenvalue weighted by Crippen LogP contribution is 2.25. The number of aliphatic imine (C=N–C) groups is 1. The minimum atomic E-state index is -4.60. The van der Waals surface area contributed by atoms with Crippen LogP contribution in [-0.4, -0.2) is 30.0 Å². The second kappa shape index (κ2) is 5.72. The molecule has 0 amide bonds. The van der Waals surface area contributed by atoms with Crippen molar-refractivity contribution < 1.29 is 22.7 Å². The maximum Gasteiger partial charge on any atom is 0.412 e. The van der Waals surface area contributed by atoms with Gasteiger partial charge in [-0.3, -0.25) is 4.79 Å². The van der Waals surface area contributed by atoms with Gasteiger partial charge in [0.05, 0.1) is 18.2 Å². The van der Waals surface area contributed by atoms with Gasteiger partial charge in [-0.05, 0) is 19.1 Å². The number of alkyl halides is 3. The molecule has 0 bridgehead atoms. The molecule has 1 atom stereocenters. The predicted octanol–water partition coefficient (Wildman–Crippen LogP) is 1.97. The van der Waals surface area contributed by atoms with Crippen molar-refractivity contribution in [1.82, 2.24) is 0 Å². The number of halogens is 3. The van der Waals surface area contributed by atoms with Crippen LogP contribution in [0.3, 0.4) is 0 Å². The third-order valence-electron chi connectivity index (χ3n) is 1.25. The van der Waals surface area contributed by atoms with Gasteiger partial charge in [-0.1, -0.05) is 0 Å². The van der Waals surface area contributed by atoms with Crippen molar-refractivity contribution >= 4 is 23.3 Å². The van der Waals surface area contributed by atoms with Crippen molar-refractivity contribution in [3.8, 4) is 0 Å². The zero-order valence-corrected chi connectivity index (χ0v) is 8.11. The van der Waals surface area contributed by atoms with Crippen LogP contribution in [0.5, 0.6) is 0 Å². The molecule has 0 aliphatic carbocycles. The van der Waals surface area contributed by atoms with Crippen LogP contribution in [0.4, 0.5) is 13.2 Å². The highest BCUT2D eigenvalue weighted by atomic mass is 32.1. The summed E-state index contributed by atoms with van der Waals surface area (Å²) in [5.74, 6) is -0.955.